The number of halogens is 1. The third kappa shape index (κ3) is 4.59. The number of rotatable bonds is 5. The van der Waals surface area contributed by atoms with Gasteiger partial charge in [0.1, 0.15) is 0 Å². The van der Waals surface area contributed by atoms with E-state index in [2.05, 4.69) is 16.7 Å². The minimum Gasteiger partial charge on any atom is -0.300 e. The summed E-state index contributed by atoms with van der Waals surface area (Å²) in [6.45, 7) is 6.98. The van der Waals surface area contributed by atoms with Gasteiger partial charge < -0.3 is 4.57 Å². The number of hydrogen-bond donors (Lipinski definition) is 0. The SMILES string of the molecule is CCn1c(-c2ccc(Cl)cc2)nn(CN2CCN([C@@H]3CCS(=O)(=O)C3)CC2)c1=S. The second kappa shape index (κ2) is 8.47. The van der Waals surface area contributed by atoms with Gasteiger partial charge in [0, 0.05) is 49.4 Å². The summed E-state index contributed by atoms with van der Waals surface area (Å²) in [5.74, 6) is 1.49. The maximum Gasteiger partial charge on any atom is 0.199 e. The Hall–Kier alpha value is -1.26. The number of hydrogen-bond acceptors (Lipinski definition) is 6. The lowest BCUT2D eigenvalue weighted by molar-refractivity contribution is 0.0808. The molecule has 10 heteroatoms. The van der Waals surface area contributed by atoms with Crippen LogP contribution in [0.2, 0.25) is 5.02 Å². The van der Waals surface area contributed by atoms with Crippen molar-refractivity contribution in [2.24, 2.45) is 0 Å². The molecule has 0 unspecified atom stereocenters. The summed E-state index contributed by atoms with van der Waals surface area (Å²) in [6.07, 6.45) is 0.763. The highest BCUT2D eigenvalue weighted by molar-refractivity contribution is 7.91. The third-order valence-corrected chi connectivity index (χ3v) is 8.24. The Morgan fingerprint density at radius 3 is 2.45 bits per heavy atom. The van der Waals surface area contributed by atoms with Crippen molar-refractivity contribution in [2.45, 2.75) is 32.6 Å². The van der Waals surface area contributed by atoms with E-state index in [-0.39, 0.29) is 6.04 Å². The fourth-order valence-electron chi connectivity index (χ4n) is 4.15. The molecule has 2 saturated heterocycles. The van der Waals surface area contributed by atoms with E-state index in [4.69, 9.17) is 28.9 Å². The van der Waals surface area contributed by atoms with Gasteiger partial charge in [-0.25, -0.2) is 13.1 Å². The van der Waals surface area contributed by atoms with Gasteiger partial charge >= 0.3 is 0 Å². The molecule has 0 bridgehead atoms. The zero-order valence-corrected chi connectivity index (χ0v) is 18.9. The van der Waals surface area contributed by atoms with Crippen molar-refractivity contribution in [2.75, 3.05) is 37.7 Å². The van der Waals surface area contributed by atoms with Crippen molar-refractivity contribution in [3.05, 3.63) is 34.1 Å². The van der Waals surface area contributed by atoms with E-state index in [0.29, 0.717) is 28.0 Å². The predicted molar refractivity (Wildman–Crippen MR) is 117 cm³/mol. The van der Waals surface area contributed by atoms with Crippen LogP contribution < -0.4 is 0 Å². The zero-order chi connectivity index (χ0) is 20.6. The van der Waals surface area contributed by atoms with Crippen LogP contribution in [-0.4, -0.2) is 76.3 Å². The Balaban J connectivity index is 1.44. The van der Waals surface area contributed by atoms with E-state index < -0.39 is 9.84 Å². The summed E-state index contributed by atoms with van der Waals surface area (Å²) >= 11 is 11.7. The van der Waals surface area contributed by atoms with Crippen molar-refractivity contribution >= 4 is 33.7 Å². The minimum absolute atomic E-state index is 0.181. The van der Waals surface area contributed by atoms with Crippen molar-refractivity contribution < 1.29 is 8.42 Å². The van der Waals surface area contributed by atoms with Gasteiger partial charge in [0.15, 0.2) is 20.4 Å². The molecule has 4 rings (SSSR count). The Bertz CT molecular complexity index is 1020. The molecule has 3 heterocycles. The first-order chi connectivity index (χ1) is 13.9. The van der Waals surface area contributed by atoms with Crippen molar-refractivity contribution in [3.8, 4) is 11.4 Å². The molecule has 0 amide bonds. The lowest BCUT2D eigenvalue weighted by atomic mass is 10.2. The number of aromatic nitrogens is 3. The molecule has 1 aromatic heterocycles. The van der Waals surface area contributed by atoms with Crippen LogP contribution in [0.1, 0.15) is 13.3 Å². The lowest BCUT2D eigenvalue weighted by Gasteiger charge is -2.37. The molecular weight excluding hydrogens is 430 g/mol. The molecule has 0 radical (unpaired) electrons. The summed E-state index contributed by atoms with van der Waals surface area (Å²) in [5, 5.41) is 5.48. The van der Waals surface area contributed by atoms with Gasteiger partial charge in [0.2, 0.25) is 0 Å². The molecular formula is C19H26ClN5O2S2. The number of nitrogens with zero attached hydrogens (tertiary/aromatic N) is 5. The van der Waals surface area contributed by atoms with E-state index in [0.717, 1.165) is 50.5 Å². The number of piperazine rings is 1. The predicted octanol–water partition coefficient (Wildman–Crippen LogP) is 2.52. The monoisotopic (exact) mass is 455 g/mol. The molecule has 0 spiro atoms. The Kier molecular flexibility index (Phi) is 6.13. The second-order valence-electron chi connectivity index (χ2n) is 7.71. The summed E-state index contributed by atoms with van der Waals surface area (Å²) in [4.78, 5) is 4.65. The first kappa shape index (κ1) is 21.0. The Morgan fingerprint density at radius 2 is 1.86 bits per heavy atom. The zero-order valence-electron chi connectivity index (χ0n) is 16.5. The van der Waals surface area contributed by atoms with E-state index in [1.807, 2.05) is 33.5 Å². The molecule has 1 aromatic carbocycles. The molecule has 2 aliphatic heterocycles. The number of sulfone groups is 1. The molecule has 7 nitrogen and oxygen atoms in total. The van der Waals surface area contributed by atoms with Gasteiger partial charge in [-0.05, 0) is 49.8 Å². The molecule has 29 heavy (non-hydrogen) atoms. The number of benzene rings is 1. The fourth-order valence-corrected chi connectivity index (χ4v) is 6.36. The molecule has 0 saturated carbocycles. The second-order valence-corrected chi connectivity index (χ2v) is 10.7. The molecule has 0 aliphatic carbocycles. The van der Waals surface area contributed by atoms with Crippen LogP contribution >= 0.6 is 23.8 Å². The van der Waals surface area contributed by atoms with Gasteiger partial charge in [-0.2, -0.15) is 5.10 Å². The van der Waals surface area contributed by atoms with Crippen molar-refractivity contribution in [3.63, 3.8) is 0 Å². The largest absolute Gasteiger partial charge is 0.300 e. The lowest BCUT2D eigenvalue weighted by Crippen LogP contribution is -2.51. The quantitative estimate of drug-likeness (QED) is 0.645. The molecule has 158 valence electrons. The first-order valence-corrected chi connectivity index (χ1v) is 12.6. The first-order valence-electron chi connectivity index (χ1n) is 9.96. The van der Waals surface area contributed by atoms with Crippen molar-refractivity contribution in [1.29, 1.82) is 0 Å². The summed E-state index contributed by atoms with van der Waals surface area (Å²) in [7, 11) is -2.84. The van der Waals surface area contributed by atoms with Gasteiger partial charge in [-0.1, -0.05) is 11.6 Å². The van der Waals surface area contributed by atoms with Crippen LogP contribution in [0.15, 0.2) is 24.3 Å². The fraction of sp³-hybridized carbons (Fsp3) is 0.579. The molecule has 0 N–H and O–H groups in total. The molecule has 2 aliphatic rings. The molecule has 2 fully saturated rings. The van der Waals surface area contributed by atoms with Gasteiger partial charge in [-0.3, -0.25) is 9.80 Å². The highest BCUT2D eigenvalue weighted by Gasteiger charge is 2.33. The molecule has 1 atom stereocenters. The van der Waals surface area contributed by atoms with E-state index in [1.165, 1.54) is 0 Å². The van der Waals surface area contributed by atoms with Crippen LogP contribution in [-0.2, 0) is 23.1 Å². The van der Waals surface area contributed by atoms with E-state index in [1.54, 1.807) is 0 Å². The third-order valence-electron chi connectivity index (χ3n) is 5.81. The standard InChI is InChI=1S/C19H26ClN5O2S2/c1-2-24-18(15-3-5-16(20)6-4-15)21-25(19(24)28)14-22-8-10-23(11-9-22)17-7-12-29(26,27)13-17/h3-6,17H,2,7-14H2,1H3/t17-/m1/s1. The van der Waals surface area contributed by atoms with E-state index in [9.17, 15) is 8.42 Å². The smallest absolute Gasteiger partial charge is 0.199 e. The van der Waals surface area contributed by atoms with Gasteiger partial charge in [0.25, 0.3) is 0 Å². The highest BCUT2D eigenvalue weighted by atomic mass is 35.5. The topological polar surface area (TPSA) is 63.4 Å². The summed E-state index contributed by atoms with van der Waals surface area (Å²) in [6, 6.07) is 7.83. The normalized spacial score (nSPS) is 22.9. The van der Waals surface area contributed by atoms with Crippen LogP contribution in [0.3, 0.4) is 0 Å². The average Bonchev–Trinajstić information content (AvgIpc) is 3.22. The average molecular weight is 456 g/mol. The highest BCUT2D eigenvalue weighted by Crippen LogP contribution is 2.22. The maximum absolute atomic E-state index is 11.8. The summed E-state index contributed by atoms with van der Waals surface area (Å²) in [5.41, 5.74) is 0.994. The Morgan fingerprint density at radius 1 is 1.17 bits per heavy atom. The maximum atomic E-state index is 11.8. The van der Waals surface area contributed by atoms with Crippen LogP contribution in [0.5, 0.6) is 0 Å². The van der Waals surface area contributed by atoms with E-state index >= 15 is 0 Å². The van der Waals surface area contributed by atoms with Gasteiger partial charge in [-0.15, -0.1) is 0 Å². The molecule has 2 aromatic rings. The van der Waals surface area contributed by atoms with Crippen LogP contribution in [0.25, 0.3) is 11.4 Å². The van der Waals surface area contributed by atoms with Crippen molar-refractivity contribution in [1.82, 2.24) is 24.1 Å². The van der Waals surface area contributed by atoms with Crippen LogP contribution in [0.4, 0.5) is 0 Å². The van der Waals surface area contributed by atoms with Crippen LogP contribution in [0, 0.1) is 4.77 Å². The minimum atomic E-state index is -2.84. The van der Waals surface area contributed by atoms with Gasteiger partial charge in [0.05, 0.1) is 18.2 Å². The Labute approximate surface area is 181 Å². The summed E-state index contributed by atoms with van der Waals surface area (Å²) < 4.78 is 28.1.